The summed E-state index contributed by atoms with van der Waals surface area (Å²) in [5.41, 5.74) is 2.47. The molecule has 0 radical (unpaired) electrons. The first-order valence-corrected chi connectivity index (χ1v) is 6.80. The van der Waals surface area contributed by atoms with Crippen LogP contribution in [-0.4, -0.2) is 14.0 Å². The van der Waals surface area contributed by atoms with Gasteiger partial charge >= 0.3 is 0 Å². The van der Waals surface area contributed by atoms with E-state index in [2.05, 4.69) is 15.9 Å². The summed E-state index contributed by atoms with van der Waals surface area (Å²) < 4.78 is 22.0. The zero-order valence-corrected chi connectivity index (χ0v) is 11.8. The summed E-state index contributed by atoms with van der Waals surface area (Å²) in [5.74, 6) is -0.140. The molecule has 3 nitrogen and oxygen atoms in total. The normalized spacial score (nSPS) is 12.6. The summed E-state index contributed by atoms with van der Waals surface area (Å²) in [4.78, 5) is 11.2. The molecule has 0 aromatic heterocycles. The van der Waals surface area contributed by atoms with E-state index in [1.165, 1.54) is 6.07 Å². The second kappa shape index (κ2) is 5.40. The average Bonchev–Trinajstić information content (AvgIpc) is 2.18. The lowest BCUT2D eigenvalue weighted by molar-refractivity contribution is 0.108. The highest BCUT2D eigenvalue weighted by Gasteiger charge is 2.14. The van der Waals surface area contributed by atoms with E-state index in [0.717, 1.165) is 11.1 Å². The predicted octanol–water partition coefficient (Wildman–Crippen LogP) is 2.82. The fourth-order valence-corrected chi connectivity index (χ4v) is 2.80. The van der Waals surface area contributed by atoms with Crippen molar-refractivity contribution < 1.29 is 13.6 Å². The SMILES string of the molecule is Cc1c(C(=O)Cl)cc(CS(=O)[O-])c(Br)c1C. The van der Waals surface area contributed by atoms with Crippen LogP contribution in [-0.2, 0) is 16.8 Å². The van der Waals surface area contributed by atoms with Crippen LogP contribution >= 0.6 is 27.5 Å². The topological polar surface area (TPSA) is 57.2 Å². The van der Waals surface area contributed by atoms with Crippen molar-refractivity contribution in [2.75, 3.05) is 0 Å². The smallest absolute Gasteiger partial charge is 0.252 e. The second-order valence-electron chi connectivity index (χ2n) is 3.37. The van der Waals surface area contributed by atoms with E-state index >= 15 is 0 Å². The fourth-order valence-electron chi connectivity index (χ4n) is 1.39. The molecular weight excluding hydrogens is 316 g/mol. The summed E-state index contributed by atoms with van der Waals surface area (Å²) in [6, 6.07) is 1.51. The Labute approximate surface area is 110 Å². The maximum atomic E-state index is 11.2. The van der Waals surface area contributed by atoms with E-state index < -0.39 is 16.3 Å². The van der Waals surface area contributed by atoms with Gasteiger partial charge in [-0.1, -0.05) is 27.0 Å². The van der Waals surface area contributed by atoms with Gasteiger partial charge in [0.2, 0.25) is 0 Å². The van der Waals surface area contributed by atoms with Crippen molar-refractivity contribution in [3.63, 3.8) is 0 Å². The molecule has 0 aliphatic heterocycles. The van der Waals surface area contributed by atoms with Gasteiger partial charge < -0.3 is 4.55 Å². The molecule has 0 heterocycles. The summed E-state index contributed by atoms with van der Waals surface area (Å²) in [6.07, 6.45) is 0. The monoisotopic (exact) mass is 323 g/mol. The van der Waals surface area contributed by atoms with Gasteiger partial charge in [-0.2, -0.15) is 0 Å². The second-order valence-corrected chi connectivity index (χ2v) is 5.40. The van der Waals surface area contributed by atoms with Crippen LogP contribution in [0, 0.1) is 13.8 Å². The molecular formula is C10H9BrClO3S-. The van der Waals surface area contributed by atoms with Crippen molar-refractivity contribution in [1.29, 1.82) is 0 Å². The van der Waals surface area contributed by atoms with Gasteiger partial charge in [0.05, 0.1) is 0 Å². The van der Waals surface area contributed by atoms with Crippen LogP contribution in [0.5, 0.6) is 0 Å². The third kappa shape index (κ3) is 2.91. The lowest BCUT2D eigenvalue weighted by atomic mass is 10.0. The Bertz CT molecular complexity index is 474. The van der Waals surface area contributed by atoms with Gasteiger partial charge in [0.1, 0.15) is 0 Å². The molecule has 0 spiro atoms. The van der Waals surface area contributed by atoms with E-state index in [-0.39, 0.29) is 5.75 Å². The molecule has 1 aromatic carbocycles. The number of carbonyl (C=O) groups is 1. The molecule has 1 rings (SSSR count). The number of carbonyl (C=O) groups excluding carboxylic acids is 1. The van der Waals surface area contributed by atoms with Crippen LogP contribution in [0.2, 0.25) is 0 Å². The highest BCUT2D eigenvalue weighted by Crippen LogP contribution is 2.28. The highest BCUT2D eigenvalue weighted by atomic mass is 79.9. The Morgan fingerprint density at radius 3 is 2.50 bits per heavy atom. The lowest BCUT2D eigenvalue weighted by Gasteiger charge is -2.14. The van der Waals surface area contributed by atoms with Crippen LogP contribution in [0.4, 0.5) is 0 Å². The van der Waals surface area contributed by atoms with E-state index in [1.807, 2.05) is 0 Å². The van der Waals surface area contributed by atoms with Crippen LogP contribution in [0.1, 0.15) is 27.0 Å². The fraction of sp³-hybridized carbons (Fsp3) is 0.300. The lowest BCUT2D eigenvalue weighted by Crippen LogP contribution is -2.03. The summed E-state index contributed by atoms with van der Waals surface area (Å²) >= 11 is 6.55. The molecule has 0 saturated heterocycles. The Morgan fingerprint density at radius 1 is 1.50 bits per heavy atom. The van der Waals surface area contributed by atoms with Crippen molar-refractivity contribution in [3.8, 4) is 0 Å². The van der Waals surface area contributed by atoms with Gasteiger partial charge in [-0.05, 0) is 48.2 Å². The minimum absolute atomic E-state index is 0.140. The molecule has 88 valence electrons. The van der Waals surface area contributed by atoms with E-state index in [1.54, 1.807) is 13.8 Å². The van der Waals surface area contributed by atoms with Crippen molar-refractivity contribution in [3.05, 3.63) is 32.8 Å². The van der Waals surface area contributed by atoms with Gasteiger partial charge in [0.25, 0.3) is 5.24 Å². The molecule has 0 bridgehead atoms. The quantitative estimate of drug-likeness (QED) is 0.634. The first-order chi connectivity index (χ1) is 7.34. The van der Waals surface area contributed by atoms with Crippen molar-refractivity contribution in [1.82, 2.24) is 0 Å². The summed E-state index contributed by atoms with van der Waals surface area (Å²) in [5, 5.41) is -0.578. The maximum Gasteiger partial charge on any atom is 0.252 e. The first-order valence-electron chi connectivity index (χ1n) is 4.39. The Hall–Kier alpha value is -0.230. The number of hydrogen-bond donors (Lipinski definition) is 0. The van der Waals surface area contributed by atoms with Gasteiger partial charge in [0, 0.05) is 15.8 Å². The number of benzene rings is 1. The van der Waals surface area contributed by atoms with Crippen LogP contribution < -0.4 is 0 Å². The van der Waals surface area contributed by atoms with Gasteiger partial charge in [-0.15, -0.1) is 0 Å². The number of rotatable bonds is 3. The minimum atomic E-state index is -2.20. The molecule has 0 saturated carbocycles. The Morgan fingerprint density at radius 2 is 2.06 bits per heavy atom. The van der Waals surface area contributed by atoms with Crippen LogP contribution in [0.3, 0.4) is 0 Å². The average molecular weight is 325 g/mol. The van der Waals surface area contributed by atoms with Crippen molar-refractivity contribution >= 4 is 43.9 Å². The zero-order valence-electron chi connectivity index (χ0n) is 8.67. The number of halogens is 2. The maximum absolute atomic E-state index is 11.2. The zero-order chi connectivity index (χ0) is 12.5. The van der Waals surface area contributed by atoms with Gasteiger partial charge in [-0.25, -0.2) is 0 Å². The Kier molecular flexibility index (Phi) is 4.67. The standard InChI is InChI=1S/C10H10BrClO3S/c1-5-6(2)9(11)7(4-16(14)15)3-8(5)10(12)13/h3H,4H2,1-2H3,(H,14,15)/p-1. The van der Waals surface area contributed by atoms with Gasteiger partial charge in [0.15, 0.2) is 0 Å². The highest BCUT2D eigenvalue weighted by molar-refractivity contribution is 9.10. The third-order valence-electron chi connectivity index (χ3n) is 2.38. The molecule has 0 amide bonds. The third-order valence-corrected chi connectivity index (χ3v) is 4.24. The molecule has 0 fully saturated rings. The van der Waals surface area contributed by atoms with Gasteiger partial charge in [-0.3, -0.25) is 9.00 Å². The molecule has 1 aromatic rings. The summed E-state index contributed by atoms with van der Waals surface area (Å²) in [7, 11) is 0. The van der Waals surface area contributed by atoms with E-state index in [9.17, 15) is 13.6 Å². The minimum Gasteiger partial charge on any atom is -0.772 e. The van der Waals surface area contributed by atoms with Crippen LogP contribution in [0.15, 0.2) is 10.5 Å². The predicted molar refractivity (Wildman–Crippen MR) is 66.4 cm³/mol. The molecule has 0 N–H and O–H groups in total. The molecule has 6 heteroatoms. The molecule has 16 heavy (non-hydrogen) atoms. The van der Waals surface area contributed by atoms with Crippen LogP contribution in [0.25, 0.3) is 0 Å². The van der Waals surface area contributed by atoms with E-state index in [4.69, 9.17) is 11.6 Å². The summed E-state index contributed by atoms with van der Waals surface area (Å²) in [6.45, 7) is 3.58. The molecule has 0 aliphatic rings. The number of hydrogen-bond acceptors (Lipinski definition) is 3. The molecule has 1 atom stereocenters. The molecule has 1 unspecified atom stereocenters. The first kappa shape index (κ1) is 13.8. The largest absolute Gasteiger partial charge is 0.772 e. The van der Waals surface area contributed by atoms with Crippen molar-refractivity contribution in [2.24, 2.45) is 0 Å². The Balaban J connectivity index is 3.40. The van der Waals surface area contributed by atoms with Crippen molar-refractivity contribution in [2.45, 2.75) is 19.6 Å². The van der Waals surface area contributed by atoms with E-state index in [0.29, 0.717) is 15.6 Å². The molecule has 0 aliphatic carbocycles.